The fourth-order valence-corrected chi connectivity index (χ4v) is 2.72. The summed E-state index contributed by atoms with van der Waals surface area (Å²) < 4.78 is 5.15. The predicted octanol–water partition coefficient (Wildman–Crippen LogP) is 2.25. The second kappa shape index (κ2) is 8.49. The van der Waals surface area contributed by atoms with Crippen molar-refractivity contribution in [2.24, 2.45) is 0 Å². The summed E-state index contributed by atoms with van der Waals surface area (Å²) in [5.41, 5.74) is 2.21. The summed E-state index contributed by atoms with van der Waals surface area (Å²) in [7, 11) is 0. The van der Waals surface area contributed by atoms with E-state index in [1.807, 2.05) is 44.2 Å². The van der Waals surface area contributed by atoms with E-state index >= 15 is 0 Å². The molecular weight excluding hydrogens is 306 g/mol. The first-order chi connectivity index (χ1) is 11.6. The molecule has 0 radical (unpaired) electrons. The van der Waals surface area contributed by atoms with Gasteiger partial charge < -0.3 is 20.7 Å². The lowest BCUT2D eigenvalue weighted by molar-refractivity contribution is -0.139. The summed E-state index contributed by atoms with van der Waals surface area (Å²) in [4.78, 5) is 24.1. The van der Waals surface area contributed by atoms with Crippen LogP contribution in [0.25, 0.3) is 0 Å². The molecule has 2 amide bonds. The third-order valence-electron chi connectivity index (χ3n) is 4.03. The quantitative estimate of drug-likeness (QED) is 0.670. The van der Waals surface area contributed by atoms with Gasteiger partial charge in [-0.2, -0.15) is 0 Å². The van der Waals surface area contributed by atoms with Gasteiger partial charge in [0, 0.05) is 18.3 Å². The van der Waals surface area contributed by atoms with E-state index < -0.39 is 0 Å². The van der Waals surface area contributed by atoms with Gasteiger partial charge in [-0.05, 0) is 25.8 Å². The predicted molar refractivity (Wildman–Crippen MR) is 92.3 cm³/mol. The maximum Gasteiger partial charge on any atom is 0.337 e. The monoisotopic (exact) mass is 331 g/mol. The highest BCUT2D eigenvalue weighted by atomic mass is 16.5. The highest BCUT2D eigenvalue weighted by Crippen LogP contribution is 2.18. The Morgan fingerprint density at radius 1 is 1.29 bits per heavy atom. The van der Waals surface area contributed by atoms with E-state index in [0.29, 0.717) is 30.8 Å². The van der Waals surface area contributed by atoms with Gasteiger partial charge in [0.1, 0.15) is 0 Å². The topological polar surface area (TPSA) is 79.5 Å². The third kappa shape index (κ3) is 4.35. The maximum atomic E-state index is 12.3. The molecular formula is C18H25N3O3. The first kappa shape index (κ1) is 18.0. The lowest BCUT2D eigenvalue weighted by Crippen LogP contribution is -2.51. The highest BCUT2D eigenvalue weighted by Gasteiger charge is 2.31. The molecule has 0 aromatic heterocycles. The van der Waals surface area contributed by atoms with Crippen LogP contribution < -0.4 is 16.0 Å². The van der Waals surface area contributed by atoms with E-state index in [1.54, 1.807) is 6.92 Å². The van der Waals surface area contributed by atoms with Crippen LogP contribution >= 0.6 is 0 Å². The Hall–Kier alpha value is -2.34. The van der Waals surface area contributed by atoms with Crippen LogP contribution in [-0.4, -0.2) is 31.2 Å². The molecule has 130 valence electrons. The average molecular weight is 331 g/mol. The van der Waals surface area contributed by atoms with Crippen LogP contribution in [0.15, 0.2) is 41.6 Å². The molecule has 0 saturated heterocycles. The summed E-state index contributed by atoms with van der Waals surface area (Å²) in [6, 6.07) is 9.47. The molecule has 0 fully saturated rings. The van der Waals surface area contributed by atoms with E-state index in [9.17, 15) is 9.59 Å². The lowest BCUT2D eigenvalue weighted by Gasteiger charge is -2.29. The van der Waals surface area contributed by atoms with Gasteiger partial charge in [0.05, 0.1) is 18.2 Å². The Morgan fingerprint density at radius 2 is 2.00 bits per heavy atom. The number of ether oxygens (including phenoxy) is 1. The molecule has 0 saturated carbocycles. The summed E-state index contributed by atoms with van der Waals surface area (Å²) in [6.07, 6.45) is 0.624. The van der Waals surface area contributed by atoms with Crippen molar-refractivity contribution in [1.82, 2.24) is 16.0 Å². The van der Waals surface area contributed by atoms with E-state index in [2.05, 4.69) is 16.0 Å². The molecule has 1 aliphatic rings. The van der Waals surface area contributed by atoms with Crippen LogP contribution in [0, 0.1) is 0 Å². The Morgan fingerprint density at radius 3 is 2.62 bits per heavy atom. The molecule has 1 aliphatic heterocycles. The van der Waals surface area contributed by atoms with Crippen LogP contribution in [0.4, 0.5) is 4.79 Å². The Kier molecular flexibility index (Phi) is 6.37. The van der Waals surface area contributed by atoms with Gasteiger partial charge in [-0.3, -0.25) is 0 Å². The Labute approximate surface area is 142 Å². The minimum atomic E-state index is -0.388. The van der Waals surface area contributed by atoms with Gasteiger partial charge in [-0.15, -0.1) is 0 Å². The molecule has 0 spiro atoms. The molecule has 0 aliphatic carbocycles. The molecule has 1 heterocycles. The average Bonchev–Trinajstić information content (AvgIpc) is 2.59. The first-order valence-electron chi connectivity index (χ1n) is 8.32. The van der Waals surface area contributed by atoms with Crippen molar-refractivity contribution < 1.29 is 14.3 Å². The summed E-state index contributed by atoms with van der Waals surface area (Å²) in [5, 5.41) is 8.86. The summed E-state index contributed by atoms with van der Waals surface area (Å²) in [5.74, 6) is -0.388. The van der Waals surface area contributed by atoms with Crippen LogP contribution in [0.3, 0.4) is 0 Å². The molecule has 6 heteroatoms. The molecule has 3 N–H and O–H groups in total. The normalized spacial score (nSPS) is 18.6. The third-order valence-corrected chi connectivity index (χ3v) is 4.03. The zero-order chi connectivity index (χ0) is 17.5. The van der Waals surface area contributed by atoms with Crippen molar-refractivity contribution in [3.05, 3.63) is 47.2 Å². The Balaban J connectivity index is 2.18. The number of carbonyl (C=O) groups excluding carboxylic acids is 2. The number of hydrogen-bond donors (Lipinski definition) is 3. The van der Waals surface area contributed by atoms with Crippen molar-refractivity contribution in [2.45, 2.75) is 39.3 Å². The zero-order valence-corrected chi connectivity index (χ0v) is 14.4. The minimum absolute atomic E-state index is 0.0917. The molecule has 2 unspecified atom stereocenters. The summed E-state index contributed by atoms with van der Waals surface area (Å²) >= 11 is 0. The van der Waals surface area contributed by atoms with Gasteiger partial charge in [-0.1, -0.05) is 37.3 Å². The molecule has 0 bridgehead atoms. The number of hydrogen-bond acceptors (Lipinski definition) is 4. The number of esters is 1. The van der Waals surface area contributed by atoms with Crippen LogP contribution in [0.5, 0.6) is 0 Å². The number of carbonyl (C=O) groups is 2. The van der Waals surface area contributed by atoms with E-state index in [1.165, 1.54) is 0 Å². The van der Waals surface area contributed by atoms with Gasteiger partial charge in [0.2, 0.25) is 0 Å². The number of benzene rings is 1. The van der Waals surface area contributed by atoms with Crippen molar-refractivity contribution in [2.75, 3.05) is 13.2 Å². The molecule has 6 nitrogen and oxygen atoms in total. The molecule has 24 heavy (non-hydrogen) atoms. The maximum absolute atomic E-state index is 12.3. The number of rotatable bonds is 7. The van der Waals surface area contributed by atoms with Gasteiger partial charge in [0.25, 0.3) is 0 Å². The number of nitrogens with one attached hydrogen (secondary N) is 3. The summed E-state index contributed by atoms with van der Waals surface area (Å²) in [6.45, 7) is 6.42. The van der Waals surface area contributed by atoms with Crippen molar-refractivity contribution in [1.29, 1.82) is 0 Å². The van der Waals surface area contributed by atoms with Crippen LogP contribution in [0.1, 0.15) is 38.8 Å². The van der Waals surface area contributed by atoms with E-state index in [-0.39, 0.29) is 24.1 Å². The van der Waals surface area contributed by atoms with Crippen LogP contribution in [-0.2, 0) is 9.53 Å². The Bertz CT molecular complexity index is 613. The number of urea groups is 1. The lowest BCUT2D eigenvalue weighted by atomic mass is 10.00. The van der Waals surface area contributed by atoms with Crippen molar-refractivity contribution in [3.8, 4) is 0 Å². The minimum Gasteiger partial charge on any atom is -0.463 e. The zero-order valence-electron chi connectivity index (χ0n) is 14.4. The SMILES string of the molecule is CCOC(=O)C1=C(CNC(C)c2ccccc2)NC(=O)NC1CC. The van der Waals surface area contributed by atoms with Crippen molar-refractivity contribution >= 4 is 12.0 Å². The standard InChI is InChI=1S/C18H25N3O3/c1-4-14-16(17(22)24-5-2)15(21-18(23)20-14)11-19-12(3)13-9-7-6-8-10-13/h6-10,12,14,19H,4-5,11H2,1-3H3,(H2,20,21,23). The molecule has 1 aromatic carbocycles. The van der Waals surface area contributed by atoms with E-state index in [0.717, 1.165) is 5.56 Å². The fraction of sp³-hybridized carbons (Fsp3) is 0.444. The first-order valence-corrected chi connectivity index (χ1v) is 8.32. The van der Waals surface area contributed by atoms with Crippen molar-refractivity contribution in [3.63, 3.8) is 0 Å². The number of amides is 2. The van der Waals surface area contributed by atoms with E-state index in [4.69, 9.17) is 4.74 Å². The molecule has 2 rings (SSSR count). The largest absolute Gasteiger partial charge is 0.463 e. The van der Waals surface area contributed by atoms with Gasteiger partial charge in [0.15, 0.2) is 0 Å². The highest BCUT2D eigenvalue weighted by molar-refractivity contribution is 5.94. The van der Waals surface area contributed by atoms with Crippen LogP contribution in [0.2, 0.25) is 0 Å². The molecule has 1 aromatic rings. The van der Waals surface area contributed by atoms with Gasteiger partial charge in [-0.25, -0.2) is 9.59 Å². The van der Waals surface area contributed by atoms with Gasteiger partial charge >= 0.3 is 12.0 Å². The smallest absolute Gasteiger partial charge is 0.337 e. The molecule has 2 atom stereocenters. The second-order valence-corrected chi connectivity index (χ2v) is 5.69. The fourth-order valence-electron chi connectivity index (χ4n) is 2.72. The second-order valence-electron chi connectivity index (χ2n) is 5.69.